The molecular formula is C15H21ClF2N2O2. The number of nitrogens with two attached hydrogens (primary N) is 1. The molecule has 124 valence electrons. The number of carbonyl (C=O) groups excluding carboxylic acids is 1. The van der Waals surface area contributed by atoms with Crippen LogP contribution in [0.3, 0.4) is 0 Å². The lowest BCUT2D eigenvalue weighted by Gasteiger charge is -2.17. The van der Waals surface area contributed by atoms with Crippen LogP contribution in [-0.4, -0.2) is 25.6 Å². The second-order valence-electron chi connectivity index (χ2n) is 5.25. The Morgan fingerprint density at radius 3 is 2.82 bits per heavy atom. The van der Waals surface area contributed by atoms with Crippen molar-refractivity contribution in [2.45, 2.75) is 19.3 Å². The molecule has 1 saturated carbocycles. The molecule has 0 spiro atoms. The Kier molecular flexibility index (Phi) is 7.55. The third-order valence-corrected chi connectivity index (χ3v) is 3.85. The standard InChI is InChI=1S/C15H20F2N2O2.ClH/c16-11-4-5-14(13(17)8-11)21-7-6-19-15(20)12-3-1-2-10(12)9-18;/h4-5,8,10,12H,1-3,6-7,9,18H2,(H,19,20);1H/t10-,12-;/m1./s1. The fraction of sp³-hybridized carbons (Fsp3) is 0.533. The number of nitrogens with one attached hydrogen (secondary N) is 1. The van der Waals surface area contributed by atoms with Crippen molar-refractivity contribution in [3.63, 3.8) is 0 Å². The van der Waals surface area contributed by atoms with Gasteiger partial charge in [-0.05, 0) is 37.4 Å². The lowest BCUT2D eigenvalue weighted by Crippen LogP contribution is -2.37. The van der Waals surface area contributed by atoms with Gasteiger partial charge in [-0.1, -0.05) is 6.42 Å². The molecule has 0 radical (unpaired) electrons. The van der Waals surface area contributed by atoms with Crippen LogP contribution in [0.15, 0.2) is 18.2 Å². The molecule has 1 fully saturated rings. The number of benzene rings is 1. The van der Waals surface area contributed by atoms with Crippen LogP contribution >= 0.6 is 12.4 Å². The van der Waals surface area contributed by atoms with Gasteiger partial charge in [0.2, 0.25) is 5.91 Å². The Labute approximate surface area is 134 Å². The number of halogens is 3. The highest BCUT2D eigenvalue weighted by Crippen LogP contribution is 2.30. The second kappa shape index (κ2) is 8.90. The van der Waals surface area contributed by atoms with Crippen LogP contribution in [0.25, 0.3) is 0 Å². The van der Waals surface area contributed by atoms with Crippen LogP contribution in [0.4, 0.5) is 8.78 Å². The van der Waals surface area contributed by atoms with Crippen LogP contribution in [0.2, 0.25) is 0 Å². The maximum atomic E-state index is 13.3. The molecule has 1 aromatic carbocycles. The Bertz CT molecular complexity index is 502. The zero-order valence-electron chi connectivity index (χ0n) is 12.2. The SMILES string of the molecule is Cl.NC[C@H]1CCC[C@H]1C(=O)NCCOc1ccc(F)cc1F. The highest BCUT2D eigenvalue weighted by atomic mass is 35.5. The minimum absolute atomic E-state index is 0. The fourth-order valence-corrected chi connectivity index (χ4v) is 2.72. The Hall–Kier alpha value is -1.40. The molecule has 1 aliphatic rings. The minimum Gasteiger partial charge on any atom is -0.489 e. The molecule has 0 saturated heterocycles. The lowest BCUT2D eigenvalue weighted by atomic mass is 9.95. The highest BCUT2D eigenvalue weighted by Gasteiger charge is 2.31. The van der Waals surface area contributed by atoms with Gasteiger partial charge in [-0.3, -0.25) is 4.79 Å². The van der Waals surface area contributed by atoms with Crippen molar-refractivity contribution in [1.82, 2.24) is 5.32 Å². The van der Waals surface area contributed by atoms with Crippen LogP contribution in [0.1, 0.15) is 19.3 Å². The third kappa shape index (κ3) is 4.81. The van der Waals surface area contributed by atoms with Gasteiger partial charge < -0.3 is 15.8 Å². The summed E-state index contributed by atoms with van der Waals surface area (Å²) in [4.78, 5) is 12.0. The third-order valence-electron chi connectivity index (χ3n) is 3.85. The van der Waals surface area contributed by atoms with Gasteiger partial charge in [0.15, 0.2) is 11.6 Å². The normalized spacial score (nSPS) is 20.3. The van der Waals surface area contributed by atoms with Crippen molar-refractivity contribution in [2.24, 2.45) is 17.6 Å². The summed E-state index contributed by atoms with van der Waals surface area (Å²) in [6.45, 7) is 0.938. The Morgan fingerprint density at radius 2 is 2.14 bits per heavy atom. The van der Waals surface area contributed by atoms with Gasteiger partial charge >= 0.3 is 0 Å². The van der Waals surface area contributed by atoms with Gasteiger partial charge in [0, 0.05) is 12.0 Å². The highest BCUT2D eigenvalue weighted by molar-refractivity contribution is 5.85. The molecule has 0 bridgehead atoms. The molecule has 1 amide bonds. The van der Waals surface area contributed by atoms with Crippen molar-refractivity contribution < 1.29 is 18.3 Å². The van der Waals surface area contributed by atoms with Gasteiger partial charge in [0.1, 0.15) is 12.4 Å². The summed E-state index contributed by atoms with van der Waals surface area (Å²) in [6, 6.07) is 3.12. The largest absolute Gasteiger partial charge is 0.489 e. The maximum absolute atomic E-state index is 13.3. The summed E-state index contributed by atoms with van der Waals surface area (Å²) >= 11 is 0. The molecular weight excluding hydrogens is 314 g/mol. The van der Waals surface area contributed by atoms with Crippen molar-refractivity contribution in [3.8, 4) is 5.75 Å². The van der Waals surface area contributed by atoms with E-state index in [1.165, 1.54) is 6.07 Å². The van der Waals surface area contributed by atoms with Crippen LogP contribution in [0, 0.1) is 23.5 Å². The quantitative estimate of drug-likeness (QED) is 0.784. The van der Waals surface area contributed by atoms with E-state index in [-0.39, 0.29) is 49.1 Å². The van der Waals surface area contributed by atoms with Crippen molar-refractivity contribution >= 4 is 18.3 Å². The van der Waals surface area contributed by atoms with E-state index in [0.29, 0.717) is 6.54 Å². The molecule has 1 aliphatic carbocycles. The molecule has 0 unspecified atom stereocenters. The van der Waals surface area contributed by atoms with Crippen molar-refractivity contribution in [1.29, 1.82) is 0 Å². The molecule has 7 heteroatoms. The second-order valence-corrected chi connectivity index (χ2v) is 5.25. The number of rotatable bonds is 6. The molecule has 22 heavy (non-hydrogen) atoms. The molecule has 1 aromatic rings. The molecule has 3 N–H and O–H groups in total. The zero-order valence-corrected chi connectivity index (χ0v) is 13.0. The number of hydrogen-bond donors (Lipinski definition) is 2. The summed E-state index contributed by atoms with van der Waals surface area (Å²) in [5.74, 6) is -1.22. The van der Waals surface area contributed by atoms with Crippen LogP contribution in [-0.2, 0) is 4.79 Å². The summed E-state index contributed by atoms with van der Waals surface area (Å²) in [5.41, 5.74) is 5.64. The maximum Gasteiger partial charge on any atom is 0.223 e. The average molecular weight is 335 g/mol. The van der Waals surface area contributed by atoms with Crippen molar-refractivity contribution in [3.05, 3.63) is 29.8 Å². The van der Waals surface area contributed by atoms with E-state index in [1.807, 2.05) is 0 Å². The predicted molar refractivity (Wildman–Crippen MR) is 82.0 cm³/mol. The molecule has 4 nitrogen and oxygen atoms in total. The van der Waals surface area contributed by atoms with Gasteiger partial charge in [-0.15, -0.1) is 12.4 Å². The van der Waals surface area contributed by atoms with Crippen LogP contribution in [0.5, 0.6) is 5.75 Å². The minimum atomic E-state index is -0.750. The summed E-state index contributed by atoms with van der Waals surface area (Å²) < 4.78 is 31.2. The van der Waals surface area contributed by atoms with E-state index in [4.69, 9.17) is 10.5 Å². The number of amides is 1. The summed E-state index contributed by atoms with van der Waals surface area (Å²) in [6.07, 6.45) is 2.88. The van der Waals surface area contributed by atoms with E-state index in [0.717, 1.165) is 31.4 Å². The first-order chi connectivity index (χ1) is 10.1. The molecule has 2 atom stereocenters. The molecule has 2 rings (SSSR count). The van der Waals surface area contributed by atoms with E-state index in [2.05, 4.69) is 5.32 Å². The number of ether oxygens (including phenoxy) is 1. The Balaban J connectivity index is 0.00000242. The predicted octanol–water partition coefficient (Wildman–Crippen LogP) is 2.26. The first kappa shape index (κ1) is 18.6. The fourth-order valence-electron chi connectivity index (χ4n) is 2.72. The smallest absolute Gasteiger partial charge is 0.223 e. The topological polar surface area (TPSA) is 64.4 Å². The molecule has 0 aliphatic heterocycles. The Morgan fingerprint density at radius 1 is 1.36 bits per heavy atom. The summed E-state index contributed by atoms with van der Waals surface area (Å²) in [5, 5.41) is 2.77. The van der Waals surface area contributed by atoms with E-state index >= 15 is 0 Å². The van der Waals surface area contributed by atoms with Crippen molar-refractivity contribution in [2.75, 3.05) is 19.7 Å². The number of hydrogen-bond acceptors (Lipinski definition) is 3. The monoisotopic (exact) mass is 334 g/mol. The summed E-state index contributed by atoms with van der Waals surface area (Å²) in [7, 11) is 0. The van der Waals surface area contributed by atoms with E-state index in [9.17, 15) is 13.6 Å². The number of carbonyl (C=O) groups is 1. The van der Waals surface area contributed by atoms with Gasteiger partial charge in [0.25, 0.3) is 0 Å². The van der Waals surface area contributed by atoms with Crippen LogP contribution < -0.4 is 15.8 Å². The lowest BCUT2D eigenvalue weighted by molar-refractivity contribution is -0.126. The molecule has 0 aromatic heterocycles. The molecule has 0 heterocycles. The van der Waals surface area contributed by atoms with Gasteiger partial charge in [-0.25, -0.2) is 8.78 Å². The first-order valence-electron chi connectivity index (χ1n) is 7.17. The zero-order chi connectivity index (χ0) is 15.2. The van der Waals surface area contributed by atoms with E-state index < -0.39 is 11.6 Å². The first-order valence-corrected chi connectivity index (χ1v) is 7.17. The van der Waals surface area contributed by atoms with Gasteiger partial charge in [0.05, 0.1) is 6.54 Å². The van der Waals surface area contributed by atoms with Gasteiger partial charge in [-0.2, -0.15) is 0 Å². The van der Waals surface area contributed by atoms with E-state index in [1.54, 1.807) is 0 Å². The average Bonchev–Trinajstić information content (AvgIpc) is 2.93.